The molecule has 1 N–H and O–H groups in total. The van der Waals surface area contributed by atoms with E-state index in [4.69, 9.17) is 4.74 Å². The van der Waals surface area contributed by atoms with E-state index in [1.54, 1.807) is 18.3 Å². The van der Waals surface area contributed by atoms with E-state index in [1.165, 1.54) is 25.7 Å². The standard InChI is InChI=1S/C27H30N4O2/c32-27(30-20-23-10-14-26(29-19-23)31-17-5-1-2-6-18-31)15-11-22-8-12-25(13-9-22)33-21-24-7-3-4-16-28-24/h3-4,7-16,19H,1-2,5-6,17-18,20-21H2,(H,30,32)/b15-11+. The minimum atomic E-state index is -0.137. The lowest BCUT2D eigenvalue weighted by Gasteiger charge is -2.21. The molecule has 6 heteroatoms. The van der Waals surface area contributed by atoms with E-state index in [9.17, 15) is 4.79 Å². The first kappa shape index (κ1) is 22.5. The van der Waals surface area contributed by atoms with E-state index >= 15 is 0 Å². The quantitative estimate of drug-likeness (QED) is 0.509. The molecular formula is C27H30N4O2. The summed E-state index contributed by atoms with van der Waals surface area (Å²) in [7, 11) is 0. The number of hydrogen-bond acceptors (Lipinski definition) is 5. The van der Waals surface area contributed by atoms with Gasteiger partial charge in [0.05, 0.1) is 5.69 Å². The van der Waals surface area contributed by atoms with Gasteiger partial charge in [-0.15, -0.1) is 0 Å². The molecule has 6 nitrogen and oxygen atoms in total. The Kier molecular flexibility index (Phi) is 8.06. The maximum Gasteiger partial charge on any atom is 0.244 e. The van der Waals surface area contributed by atoms with Crippen LogP contribution in [0.25, 0.3) is 6.08 Å². The summed E-state index contributed by atoms with van der Waals surface area (Å²) < 4.78 is 5.74. The van der Waals surface area contributed by atoms with E-state index in [-0.39, 0.29) is 5.91 Å². The van der Waals surface area contributed by atoms with E-state index in [0.29, 0.717) is 13.2 Å². The molecule has 1 aliphatic heterocycles. The van der Waals surface area contributed by atoms with Gasteiger partial charge in [0, 0.05) is 38.1 Å². The SMILES string of the molecule is O=C(/C=C/c1ccc(OCc2ccccn2)cc1)NCc1ccc(N2CCCCCC2)nc1. The van der Waals surface area contributed by atoms with Gasteiger partial charge in [0.25, 0.3) is 0 Å². The van der Waals surface area contributed by atoms with Crippen LogP contribution in [0.5, 0.6) is 5.75 Å². The number of carbonyl (C=O) groups excluding carboxylic acids is 1. The van der Waals surface area contributed by atoms with Crippen LogP contribution in [0.3, 0.4) is 0 Å². The third-order valence-electron chi connectivity index (χ3n) is 5.63. The van der Waals surface area contributed by atoms with Crippen LogP contribution in [0.4, 0.5) is 5.82 Å². The number of amides is 1. The molecule has 1 aromatic carbocycles. The lowest BCUT2D eigenvalue weighted by Crippen LogP contribution is -2.25. The van der Waals surface area contributed by atoms with Crippen molar-refractivity contribution in [2.24, 2.45) is 0 Å². The maximum atomic E-state index is 12.2. The number of benzene rings is 1. The van der Waals surface area contributed by atoms with Crippen molar-refractivity contribution < 1.29 is 9.53 Å². The zero-order valence-electron chi connectivity index (χ0n) is 18.8. The molecule has 4 rings (SSSR count). The molecule has 3 aromatic rings. The molecule has 170 valence electrons. The summed E-state index contributed by atoms with van der Waals surface area (Å²) in [5, 5.41) is 2.92. The van der Waals surface area contributed by atoms with Gasteiger partial charge in [0.1, 0.15) is 18.2 Å². The lowest BCUT2D eigenvalue weighted by atomic mass is 10.2. The average molecular weight is 443 g/mol. The fourth-order valence-corrected chi connectivity index (χ4v) is 3.74. The van der Waals surface area contributed by atoms with Crippen molar-refractivity contribution in [1.29, 1.82) is 0 Å². The molecule has 0 saturated carbocycles. The number of hydrogen-bond donors (Lipinski definition) is 1. The third-order valence-corrected chi connectivity index (χ3v) is 5.63. The van der Waals surface area contributed by atoms with Crippen LogP contribution in [0.15, 0.2) is 73.1 Å². The predicted octanol–water partition coefficient (Wildman–Crippen LogP) is 4.77. The van der Waals surface area contributed by atoms with Crippen molar-refractivity contribution >= 4 is 17.8 Å². The molecule has 2 aromatic heterocycles. The summed E-state index contributed by atoms with van der Waals surface area (Å²) >= 11 is 0. The molecule has 1 saturated heterocycles. The zero-order chi connectivity index (χ0) is 22.7. The van der Waals surface area contributed by atoms with Crippen molar-refractivity contribution in [3.8, 4) is 5.75 Å². The highest BCUT2D eigenvalue weighted by molar-refractivity contribution is 5.91. The molecule has 0 bridgehead atoms. The molecule has 1 amide bonds. The van der Waals surface area contributed by atoms with Crippen LogP contribution in [0, 0.1) is 0 Å². The Balaban J connectivity index is 1.21. The van der Waals surface area contributed by atoms with Crippen molar-refractivity contribution in [1.82, 2.24) is 15.3 Å². The molecule has 0 unspecified atom stereocenters. The first-order chi connectivity index (χ1) is 16.3. The highest BCUT2D eigenvalue weighted by atomic mass is 16.5. The highest BCUT2D eigenvalue weighted by Gasteiger charge is 2.10. The van der Waals surface area contributed by atoms with Crippen molar-refractivity contribution in [2.45, 2.75) is 38.8 Å². The van der Waals surface area contributed by atoms with Gasteiger partial charge >= 0.3 is 0 Å². The second kappa shape index (κ2) is 11.8. The fourth-order valence-electron chi connectivity index (χ4n) is 3.74. The average Bonchev–Trinajstić information content (AvgIpc) is 3.16. The van der Waals surface area contributed by atoms with Gasteiger partial charge < -0.3 is 15.0 Å². The first-order valence-corrected chi connectivity index (χ1v) is 11.5. The Morgan fingerprint density at radius 1 is 0.970 bits per heavy atom. The van der Waals surface area contributed by atoms with Crippen LogP contribution in [-0.4, -0.2) is 29.0 Å². The second-order valence-corrected chi connectivity index (χ2v) is 8.16. The molecule has 33 heavy (non-hydrogen) atoms. The lowest BCUT2D eigenvalue weighted by molar-refractivity contribution is -0.116. The van der Waals surface area contributed by atoms with E-state index < -0.39 is 0 Å². The number of pyridine rings is 2. The van der Waals surface area contributed by atoms with Crippen molar-refractivity contribution in [3.63, 3.8) is 0 Å². The second-order valence-electron chi connectivity index (χ2n) is 8.16. The molecule has 0 spiro atoms. The normalized spacial score (nSPS) is 14.1. The molecule has 3 heterocycles. The smallest absolute Gasteiger partial charge is 0.244 e. The van der Waals surface area contributed by atoms with Crippen LogP contribution in [0.1, 0.15) is 42.5 Å². The van der Waals surface area contributed by atoms with Gasteiger partial charge in [0.15, 0.2) is 0 Å². The summed E-state index contributed by atoms with van der Waals surface area (Å²) in [6.45, 7) is 3.03. The van der Waals surface area contributed by atoms with E-state index in [0.717, 1.165) is 41.5 Å². The summed E-state index contributed by atoms with van der Waals surface area (Å²) in [6, 6.07) is 17.5. The Labute approximate surface area is 195 Å². The topological polar surface area (TPSA) is 67.3 Å². The molecular weight excluding hydrogens is 412 g/mol. The van der Waals surface area contributed by atoms with E-state index in [1.807, 2.05) is 54.7 Å². The van der Waals surface area contributed by atoms with Gasteiger partial charge in [-0.2, -0.15) is 0 Å². The largest absolute Gasteiger partial charge is 0.487 e. The summed E-state index contributed by atoms with van der Waals surface area (Å²) in [5.74, 6) is 1.65. The van der Waals surface area contributed by atoms with Crippen LogP contribution < -0.4 is 15.0 Å². The fraction of sp³-hybridized carbons (Fsp3) is 0.296. The summed E-state index contributed by atoms with van der Waals surface area (Å²) in [5.41, 5.74) is 2.80. The monoisotopic (exact) mass is 442 g/mol. The number of rotatable bonds is 8. The van der Waals surface area contributed by atoms with Gasteiger partial charge in [-0.3, -0.25) is 9.78 Å². The zero-order valence-corrected chi connectivity index (χ0v) is 18.8. The molecule has 0 atom stereocenters. The Bertz CT molecular complexity index is 1030. The Hall–Kier alpha value is -3.67. The number of nitrogens with one attached hydrogen (secondary N) is 1. The van der Waals surface area contributed by atoms with Crippen LogP contribution in [-0.2, 0) is 17.9 Å². The number of carbonyl (C=O) groups is 1. The number of ether oxygens (including phenoxy) is 1. The molecule has 0 aliphatic carbocycles. The Morgan fingerprint density at radius 2 is 1.79 bits per heavy atom. The van der Waals surface area contributed by atoms with Gasteiger partial charge in [-0.05, 0) is 60.4 Å². The molecule has 1 aliphatic rings. The first-order valence-electron chi connectivity index (χ1n) is 11.5. The van der Waals surface area contributed by atoms with Gasteiger partial charge in [0.2, 0.25) is 5.91 Å². The number of nitrogens with zero attached hydrogens (tertiary/aromatic N) is 3. The van der Waals surface area contributed by atoms with Gasteiger partial charge in [-0.1, -0.05) is 37.1 Å². The van der Waals surface area contributed by atoms with Crippen LogP contribution in [0.2, 0.25) is 0 Å². The number of anilines is 1. The maximum absolute atomic E-state index is 12.2. The highest BCUT2D eigenvalue weighted by Crippen LogP contribution is 2.17. The molecule has 1 fully saturated rings. The van der Waals surface area contributed by atoms with Crippen LogP contribution >= 0.6 is 0 Å². The minimum Gasteiger partial charge on any atom is -0.487 e. The predicted molar refractivity (Wildman–Crippen MR) is 131 cm³/mol. The molecule has 0 radical (unpaired) electrons. The Morgan fingerprint density at radius 3 is 2.48 bits per heavy atom. The van der Waals surface area contributed by atoms with Crippen molar-refractivity contribution in [2.75, 3.05) is 18.0 Å². The van der Waals surface area contributed by atoms with Crippen molar-refractivity contribution in [3.05, 3.63) is 89.9 Å². The summed E-state index contributed by atoms with van der Waals surface area (Å²) in [6.07, 6.45) is 12.0. The third kappa shape index (κ3) is 7.17. The summed E-state index contributed by atoms with van der Waals surface area (Å²) in [4.78, 5) is 23.4. The van der Waals surface area contributed by atoms with E-state index in [2.05, 4.69) is 26.3 Å². The minimum absolute atomic E-state index is 0.137. The number of aromatic nitrogens is 2. The van der Waals surface area contributed by atoms with Gasteiger partial charge in [-0.25, -0.2) is 4.98 Å².